The van der Waals surface area contributed by atoms with E-state index in [4.69, 9.17) is 10.4 Å². The van der Waals surface area contributed by atoms with Gasteiger partial charge >= 0.3 is 5.97 Å². The zero-order chi connectivity index (χ0) is 13.8. The van der Waals surface area contributed by atoms with E-state index in [9.17, 15) is 4.79 Å². The predicted octanol–water partition coefficient (Wildman–Crippen LogP) is 0.484. The average Bonchev–Trinajstić information content (AvgIpc) is 2.75. The first-order valence-corrected chi connectivity index (χ1v) is 5.94. The molecule has 0 spiro atoms. The van der Waals surface area contributed by atoms with Gasteiger partial charge in [-0.15, -0.1) is 5.10 Å². The van der Waals surface area contributed by atoms with Crippen molar-refractivity contribution >= 4 is 17.7 Å². The minimum atomic E-state index is -1.04. The maximum absolute atomic E-state index is 10.6. The van der Waals surface area contributed by atoms with Gasteiger partial charge in [0.15, 0.2) is 0 Å². The average molecular weight is 276 g/mol. The van der Waals surface area contributed by atoms with Gasteiger partial charge in [-0.3, -0.25) is 4.79 Å². The van der Waals surface area contributed by atoms with Gasteiger partial charge in [-0.25, -0.2) is 9.67 Å². The highest BCUT2D eigenvalue weighted by Crippen LogP contribution is 2.24. The molecule has 2 rings (SSSR count). The second-order valence-corrected chi connectivity index (χ2v) is 4.55. The fourth-order valence-corrected chi connectivity index (χ4v) is 2.19. The Hall–Kier alpha value is -2.47. The molecule has 0 amide bonds. The quantitative estimate of drug-likeness (QED) is 0.856. The van der Waals surface area contributed by atoms with Crippen LogP contribution in [0.25, 0.3) is 0 Å². The van der Waals surface area contributed by atoms with Crippen molar-refractivity contribution in [1.29, 1.82) is 5.26 Å². The summed E-state index contributed by atoms with van der Waals surface area (Å²) in [6, 6.07) is 5.28. The summed E-state index contributed by atoms with van der Waals surface area (Å²) in [6.07, 6.45) is 0. The minimum absolute atomic E-state index is 0.310. The number of rotatable bonds is 4. The number of pyridine rings is 1. The number of hydrogen-bond donors (Lipinski definition) is 1. The summed E-state index contributed by atoms with van der Waals surface area (Å²) in [4.78, 5) is 14.9. The summed E-state index contributed by atoms with van der Waals surface area (Å²) in [7, 11) is 0. The number of tetrazole rings is 1. The number of carboxylic acid groups (broad SMARTS) is 1. The van der Waals surface area contributed by atoms with Crippen LogP contribution in [-0.2, 0) is 11.3 Å². The first-order chi connectivity index (χ1) is 9.08. The van der Waals surface area contributed by atoms with E-state index in [2.05, 4.69) is 20.5 Å². The second-order valence-electron chi connectivity index (χ2n) is 3.56. The second kappa shape index (κ2) is 5.45. The Bertz CT molecular complexity index is 662. The zero-order valence-electron chi connectivity index (χ0n) is 9.81. The van der Waals surface area contributed by atoms with E-state index in [1.54, 1.807) is 19.1 Å². The Labute approximate surface area is 112 Å². The molecular formula is C10H8N6O2S. The number of nitrogens with zero attached hydrogens (tertiary/aromatic N) is 6. The molecule has 2 aromatic heterocycles. The Kier molecular flexibility index (Phi) is 3.72. The van der Waals surface area contributed by atoms with Crippen molar-refractivity contribution in [3.05, 3.63) is 23.4 Å². The highest BCUT2D eigenvalue weighted by atomic mass is 32.2. The van der Waals surface area contributed by atoms with Gasteiger partial charge in [0.2, 0.25) is 5.16 Å². The maximum Gasteiger partial charge on any atom is 0.325 e. The molecule has 0 aliphatic rings. The van der Waals surface area contributed by atoms with Crippen LogP contribution < -0.4 is 0 Å². The zero-order valence-corrected chi connectivity index (χ0v) is 10.6. The lowest BCUT2D eigenvalue weighted by Crippen LogP contribution is -2.11. The van der Waals surface area contributed by atoms with Crippen LogP contribution in [-0.4, -0.2) is 36.3 Å². The molecule has 0 unspecified atom stereocenters. The van der Waals surface area contributed by atoms with E-state index in [0.717, 1.165) is 16.4 Å². The number of carbonyl (C=O) groups is 1. The number of hydrogen-bond acceptors (Lipinski definition) is 7. The summed E-state index contributed by atoms with van der Waals surface area (Å²) >= 11 is 1.11. The molecule has 0 aromatic carbocycles. The lowest BCUT2D eigenvalue weighted by atomic mass is 10.2. The maximum atomic E-state index is 10.6. The first kappa shape index (κ1) is 13.0. The number of carboxylic acids is 1. The van der Waals surface area contributed by atoms with Crippen LogP contribution in [0.2, 0.25) is 0 Å². The van der Waals surface area contributed by atoms with Crippen molar-refractivity contribution in [1.82, 2.24) is 25.2 Å². The van der Waals surface area contributed by atoms with E-state index >= 15 is 0 Å². The highest BCUT2D eigenvalue weighted by Gasteiger charge is 2.12. The van der Waals surface area contributed by atoms with Gasteiger partial charge in [0.25, 0.3) is 0 Å². The molecule has 19 heavy (non-hydrogen) atoms. The lowest BCUT2D eigenvalue weighted by molar-refractivity contribution is -0.138. The smallest absolute Gasteiger partial charge is 0.325 e. The third-order valence-electron chi connectivity index (χ3n) is 2.04. The molecule has 0 saturated carbocycles. The van der Waals surface area contributed by atoms with Crippen molar-refractivity contribution < 1.29 is 9.90 Å². The monoisotopic (exact) mass is 276 g/mol. The van der Waals surface area contributed by atoms with Crippen LogP contribution in [0.5, 0.6) is 0 Å². The van der Waals surface area contributed by atoms with Crippen molar-refractivity contribution in [3.63, 3.8) is 0 Å². The molecule has 0 atom stereocenters. The highest BCUT2D eigenvalue weighted by molar-refractivity contribution is 7.99. The van der Waals surface area contributed by atoms with E-state index in [0.29, 0.717) is 21.4 Å². The fraction of sp³-hybridized carbons (Fsp3) is 0.200. The molecule has 0 fully saturated rings. The molecular weight excluding hydrogens is 268 g/mol. The standard InChI is InChI=1S/C10H8N6O2S/c1-6-2-7(4-11)3-8(12-6)19-10-13-14-15-16(10)5-9(17)18/h2-3H,5H2,1H3,(H,17,18). The van der Waals surface area contributed by atoms with Crippen LogP contribution in [0.4, 0.5) is 0 Å². The Morgan fingerprint density at radius 2 is 2.37 bits per heavy atom. The minimum Gasteiger partial charge on any atom is -0.480 e. The molecule has 0 aliphatic heterocycles. The van der Waals surface area contributed by atoms with Gasteiger partial charge in [0, 0.05) is 5.69 Å². The SMILES string of the molecule is Cc1cc(C#N)cc(Sc2nnnn2CC(=O)O)n1. The van der Waals surface area contributed by atoms with Gasteiger partial charge in [0.1, 0.15) is 11.6 Å². The number of aryl methyl sites for hydroxylation is 1. The normalized spacial score (nSPS) is 10.1. The topological polar surface area (TPSA) is 118 Å². The van der Waals surface area contributed by atoms with Crippen LogP contribution in [0, 0.1) is 18.3 Å². The fourth-order valence-electron chi connectivity index (χ4n) is 1.35. The predicted molar refractivity (Wildman–Crippen MR) is 63.3 cm³/mol. The van der Waals surface area contributed by atoms with E-state index in [-0.39, 0.29) is 6.54 Å². The van der Waals surface area contributed by atoms with Gasteiger partial charge in [-0.1, -0.05) is 0 Å². The molecule has 0 saturated heterocycles. The lowest BCUT2D eigenvalue weighted by Gasteiger charge is -2.02. The summed E-state index contributed by atoms with van der Waals surface area (Å²) < 4.78 is 1.16. The summed E-state index contributed by atoms with van der Waals surface area (Å²) in [6.45, 7) is 1.44. The molecule has 9 heteroatoms. The van der Waals surface area contributed by atoms with Gasteiger partial charge < -0.3 is 5.11 Å². The third kappa shape index (κ3) is 3.26. The van der Waals surface area contributed by atoms with Gasteiger partial charge in [-0.05, 0) is 41.2 Å². The van der Waals surface area contributed by atoms with Gasteiger partial charge in [-0.2, -0.15) is 5.26 Å². The summed E-state index contributed by atoms with van der Waals surface area (Å²) in [5, 5.41) is 29.2. The largest absolute Gasteiger partial charge is 0.480 e. The van der Waals surface area contributed by atoms with E-state index < -0.39 is 5.97 Å². The Balaban J connectivity index is 2.26. The van der Waals surface area contributed by atoms with Crippen LogP contribution in [0.3, 0.4) is 0 Å². The number of aromatic nitrogens is 5. The third-order valence-corrected chi connectivity index (χ3v) is 2.93. The summed E-state index contributed by atoms with van der Waals surface area (Å²) in [5.41, 5.74) is 1.17. The van der Waals surface area contributed by atoms with Crippen molar-refractivity contribution in [2.24, 2.45) is 0 Å². The first-order valence-electron chi connectivity index (χ1n) is 5.13. The molecule has 2 heterocycles. The number of aliphatic carboxylic acids is 1. The van der Waals surface area contributed by atoms with Crippen LogP contribution in [0.15, 0.2) is 22.3 Å². The van der Waals surface area contributed by atoms with Crippen molar-refractivity contribution in [2.45, 2.75) is 23.7 Å². The van der Waals surface area contributed by atoms with Crippen molar-refractivity contribution in [2.75, 3.05) is 0 Å². The molecule has 0 bridgehead atoms. The molecule has 0 aliphatic carbocycles. The van der Waals surface area contributed by atoms with E-state index in [1.807, 2.05) is 6.07 Å². The molecule has 2 aromatic rings. The molecule has 0 radical (unpaired) electrons. The Morgan fingerprint density at radius 3 is 3.05 bits per heavy atom. The molecule has 8 nitrogen and oxygen atoms in total. The summed E-state index contributed by atoms with van der Waals surface area (Å²) in [5.74, 6) is -1.04. The molecule has 96 valence electrons. The van der Waals surface area contributed by atoms with Gasteiger partial charge in [0.05, 0.1) is 11.6 Å². The molecule has 1 N–H and O–H groups in total. The van der Waals surface area contributed by atoms with Crippen molar-refractivity contribution in [3.8, 4) is 6.07 Å². The van der Waals surface area contributed by atoms with Crippen LogP contribution in [0.1, 0.15) is 11.3 Å². The van der Waals surface area contributed by atoms with Crippen LogP contribution >= 0.6 is 11.8 Å². The Morgan fingerprint density at radius 1 is 1.58 bits per heavy atom. The number of nitriles is 1. The van der Waals surface area contributed by atoms with E-state index in [1.165, 1.54) is 0 Å².